The van der Waals surface area contributed by atoms with E-state index >= 15 is 0 Å². The van der Waals surface area contributed by atoms with Gasteiger partial charge in [0.2, 0.25) is 0 Å². The smallest absolute Gasteiger partial charge is 0.336 e. The van der Waals surface area contributed by atoms with Gasteiger partial charge in [-0.05, 0) is 75.1 Å². The van der Waals surface area contributed by atoms with Gasteiger partial charge in [0.05, 0.1) is 13.2 Å². The van der Waals surface area contributed by atoms with E-state index in [1.54, 1.807) is 6.07 Å². The highest BCUT2D eigenvalue weighted by Crippen LogP contribution is 2.30. The first-order valence-electron chi connectivity index (χ1n) is 11.2. The van der Waals surface area contributed by atoms with Gasteiger partial charge in [-0.25, -0.2) is 4.79 Å². The number of rotatable bonds is 10. The molecule has 1 atom stereocenters. The zero-order chi connectivity index (χ0) is 22.4. The van der Waals surface area contributed by atoms with Crippen molar-refractivity contribution in [3.05, 3.63) is 69.1 Å². The average molecular weight is 425 g/mol. The highest BCUT2D eigenvalue weighted by atomic mass is 16.5. The molecule has 0 saturated carbocycles. The maximum atomic E-state index is 12.1. The predicted molar refractivity (Wildman–Crippen MR) is 124 cm³/mol. The van der Waals surface area contributed by atoms with Crippen LogP contribution in [0.2, 0.25) is 0 Å². The standard InChI is InChI=1S/C26H33NO4/c1-6-10-29-23-9-8-20(14-25(23)30-11-7-2)19(5)27-16-21-15-26(28)31-24-13-18(4)17(3)12-22(21)24/h8-9,12-15,19,27H,6-7,10-11,16H2,1-5H3/p+1/t19-/m1/s1. The van der Waals surface area contributed by atoms with Crippen LogP contribution in [-0.4, -0.2) is 13.2 Å². The monoisotopic (exact) mass is 424 g/mol. The summed E-state index contributed by atoms with van der Waals surface area (Å²) in [5.74, 6) is 1.59. The first kappa shape index (κ1) is 22.9. The molecule has 5 heteroatoms. The first-order chi connectivity index (χ1) is 14.9. The van der Waals surface area contributed by atoms with Gasteiger partial charge in [-0.1, -0.05) is 13.8 Å². The van der Waals surface area contributed by atoms with Gasteiger partial charge in [-0.2, -0.15) is 0 Å². The minimum absolute atomic E-state index is 0.193. The van der Waals surface area contributed by atoms with Gasteiger partial charge in [0.25, 0.3) is 0 Å². The number of quaternary nitrogens is 1. The van der Waals surface area contributed by atoms with E-state index in [0.717, 1.165) is 46.4 Å². The fourth-order valence-electron chi connectivity index (χ4n) is 3.56. The van der Waals surface area contributed by atoms with Crippen LogP contribution in [0.4, 0.5) is 0 Å². The van der Waals surface area contributed by atoms with Crippen molar-refractivity contribution >= 4 is 11.0 Å². The third-order valence-electron chi connectivity index (χ3n) is 5.55. The summed E-state index contributed by atoms with van der Waals surface area (Å²) in [6.07, 6.45) is 1.90. The van der Waals surface area contributed by atoms with Gasteiger partial charge in [-0.15, -0.1) is 0 Å². The van der Waals surface area contributed by atoms with E-state index in [2.05, 4.69) is 51.2 Å². The van der Waals surface area contributed by atoms with E-state index < -0.39 is 0 Å². The molecule has 0 radical (unpaired) electrons. The lowest BCUT2D eigenvalue weighted by Gasteiger charge is -2.16. The molecule has 0 aliphatic carbocycles. The second kappa shape index (κ2) is 10.5. The van der Waals surface area contributed by atoms with E-state index in [0.29, 0.717) is 25.3 Å². The summed E-state index contributed by atoms with van der Waals surface area (Å²) in [6, 6.07) is 12.0. The molecule has 0 spiro atoms. The van der Waals surface area contributed by atoms with E-state index in [1.807, 2.05) is 19.1 Å². The molecule has 0 bridgehead atoms. The molecule has 5 nitrogen and oxygen atoms in total. The SMILES string of the molecule is CCCOc1ccc([C@@H](C)[NH2+]Cc2cc(=O)oc3cc(C)c(C)cc23)cc1OCCC. The molecule has 0 unspecified atom stereocenters. The number of fused-ring (bicyclic) bond motifs is 1. The lowest BCUT2D eigenvalue weighted by molar-refractivity contribution is -0.707. The zero-order valence-corrected chi connectivity index (χ0v) is 19.3. The van der Waals surface area contributed by atoms with Crippen LogP contribution >= 0.6 is 0 Å². The molecule has 1 heterocycles. The van der Waals surface area contributed by atoms with Crippen LogP contribution < -0.4 is 20.4 Å². The van der Waals surface area contributed by atoms with Crippen molar-refractivity contribution < 1.29 is 19.2 Å². The molecular formula is C26H34NO4+. The summed E-state index contributed by atoms with van der Waals surface area (Å²) in [5, 5.41) is 3.23. The second-order valence-electron chi connectivity index (χ2n) is 8.15. The summed E-state index contributed by atoms with van der Waals surface area (Å²) in [7, 11) is 0. The van der Waals surface area contributed by atoms with Crippen molar-refractivity contribution in [1.29, 1.82) is 0 Å². The molecule has 0 fully saturated rings. The predicted octanol–water partition coefficient (Wildman–Crippen LogP) is 4.81. The molecule has 2 aromatic carbocycles. The molecule has 0 aliphatic heterocycles. The molecule has 3 rings (SSSR count). The van der Waals surface area contributed by atoms with Crippen LogP contribution in [-0.2, 0) is 6.54 Å². The van der Waals surface area contributed by atoms with Crippen molar-refractivity contribution in [3.8, 4) is 11.5 Å². The lowest BCUT2D eigenvalue weighted by Crippen LogP contribution is -2.83. The fourth-order valence-corrected chi connectivity index (χ4v) is 3.56. The summed E-state index contributed by atoms with van der Waals surface area (Å²) in [6.45, 7) is 12.5. The normalized spacial score (nSPS) is 12.2. The Kier molecular flexibility index (Phi) is 7.75. The molecule has 166 valence electrons. The van der Waals surface area contributed by atoms with Crippen molar-refractivity contribution in [2.45, 2.75) is 60.0 Å². The zero-order valence-electron chi connectivity index (χ0n) is 19.3. The largest absolute Gasteiger partial charge is 0.490 e. The van der Waals surface area contributed by atoms with Gasteiger partial charge >= 0.3 is 5.63 Å². The third-order valence-corrected chi connectivity index (χ3v) is 5.55. The maximum absolute atomic E-state index is 12.1. The Hall–Kier alpha value is -2.79. The Morgan fingerprint density at radius 3 is 2.32 bits per heavy atom. The quantitative estimate of drug-likeness (QED) is 0.474. The maximum Gasteiger partial charge on any atom is 0.336 e. The minimum Gasteiger partial charge on any atom is -0.490 e. The van der Waals surface area contributed by atoms with E-state index in [-0.39, 0.29) is 11.7 Å². The number of ether oxygens (including phenoxy) is 2. The summed E-state index contributed by atoms with van der Waals surface area (Å²) in [4.78, 5) is 12.1. The summed E-state index contributed by atoms with van der Waals surface area (Å²) < 4.78 is 17.2. The molecule has 3 aromatic rings. The number of benzene rings is 2. The van der Waals surface area contributed by atoms with E-state index in [4.69, 9.17) is 13.9 Å². The van der Waals surface area contributed by atoms with Crippen LogP contribution in [0.15, 0.2) is 45.6 Å². The number of hydrogen-bond donors (Lipinski definition) is 1. The topological polar surface area (TPSA) is 65.3 Å². The van der Waals surface area contributed by atoms with Crippen molar-refractivity contribution in [2.75, 3.05) is 13.2 Å². The lowest BCUT2D eigenvalue weighted by atomic mass is 10.0. The fraction of sp³-hybridized carbons (Fsp3) is 0.423. The Morgan fingerprint density at radius 2 is 1.61 bits per heavy atom. The molecule has 0 amide bonds. The molecule has 0 saturated heterocycles. The van der Waals surface area contributed by atoms with Gasteiger partial charge in [0, 0.05) is 22.6 Å². The molecule has 0 aliphatic rings. The molecule has 2 N–H and O–H groups in total. The van der Waals surface area contributed by atoms with Gasteiger partial charge in [-0.3, -0.25) is 0 Å². The first-order valence-corrected chi connectivity index (χ1v) is 11.2. The van der Waals surface area contributed by atoms with Crippen LogP contribution in [0, 0.1) is 13.8 Å². The third kappa shape index (κ3) is 5.67. The minimum atomic E-state index is -0.306. The molecule has 31 heavy (non-hydrogen) atoms. The van der Waals surface area contributed by atoms with Crippen LogP contribution in [0.5, 0.6) is 11.5 Å². The van der Waals surface area contributed by atoms with Crippen molar-refractivity contribution in [3.63, 3.8) is 0 Å². The Balaban J connectivity index is 1.81. The Labute approximate surface area is 184 Å². The van der Waals surface area contributed by atoms with E-state index in [1.165, 1.54) is 5.56 Å². The van der Waals surface area contributed by atoms with E-state index in [9.17, 15) is 4.79 Å². The Morgan fingerprint density at radius 1 is 0.935 bits per heavy atom. The summed E-state index contributed by atoms with van der Waals surface area (Å²) >= 11 is 0. The van der Waals surface area contributed by atoms with Gasteiger partial charge < -0.3 is 19.2 Å². The second-order valence-corrected chi connectivity index (χ2v) is 8.15. The molecular weight excluding hydrogens is 390 g/mol. The highest BCUT2D eigenvalue weighted by Gasteiger charge is 2.15. The number of nitrogens with two attached hydrogens (primary N) is 1. The number of hydrogen-bond acceptors (Lipinski definition) is 4. The van der Waals surface area contributed by atoms with Gasteiger partial charge in [0.1, 0.15) is 18.2 Å². The Bertz CT molecular complexity index is 1090. The number of aryl methyl sites for hydroxylation is 2. The molecule has 1 aromatic heterocycles. The van der Waals surface area contributed by atoms with Crippen molar-refractivity contribution in [2.24, 2.45) is 0 Å². The van der Waals surface area contributed by atoms with Crippen LogP contribution in [0.1, 0.15) is 61.9 Å². The van der Waals surface area contributed by atoms with Crippen molar-refractivity contribution in [1.82, 2.24) is 0 Å². The van der Waals surface area contributed by atoms with Crippen LogP contribution in [0.25, 0.3) is 11.0 Å². The van der Waals surface area contributed by atoms with Crippen LogP contribution in [0.3, 0.4) is 0 Å². The summed E-state index contributed by atoms with van der Waals surface area (Å²) in [5.41, 5.74) is 4.81. The average Bonchev–Trinajstić information content (AvgIpc) is 2.75. The van der Waals surface area contributed by atoms with Gasteiger partial charge in [0.15, 0.2) is 11.5 Å². The highest BCUT2D eigenvalue weighted by molar-refractivity contribution is 5.81.